The largest absolute Gasteiger partial charge is 0.326 e. The molecule has 1 aliphatic heterocycles. The Balaban J connectivity index is 1.34. The number of fused-ring (bicyclic) bond motifs is 1. The summed E-state index contributed by atoms with van der Waals surface area (Å²) in [6.45, 7) is 6.19. The molecule has 4 rings (SSSR count). The Labute approximate surface area is 195 Å². The Hall–Kier alpha value is -2.71. The highest BCUT2D eigenvalue weighted by Gasteiger charge is 2.39. The number of anilines is 2. The van der Waals surface area contributed by atoms with E-state index in [0.717, 1.165) is 24.1 Å². The Morgan fingerprint density at radius 1 is 1.09 bits per heavy atom. The zero-order valence-corrected chi connectivity index (χ0v) is 20.1. The lowest BCUT2D eigenvalue weighted by Crippen LogP contribution is -2.36. The van der Waals surface area contributed by atoms with Gasteiger partial charge in [-0.15, -0.1) is 0 Å². The van der Waals surface area contributed by atoms with Crippen LogP contribution in [-0.2, 0) is 26.0 Å². The molecule has 1 heterocycles. The van der Waals surface area contributed by atoms with Gasteiger partial charge in [0, 0.05) is 36.3 Å². The molecule has 1 saturated carbocycles. The number of rotatable bonds is 8. The van der Waals surface area contributed by atoms with Gasteiger partial charge in [0.15, 0.2) is 0 Å². The second kappa shape index (κ2) is 9.27. The summed E-state index contributed by atoms with van der Waals surface area (Å²) in [5, 5.41) is 2.79. The van der Waals surface area contributed by atoms with Gasteiger partial charge in [-0.2, -0.15) is 0 Å². The maximum atomic E-state index is 12.8. The normalized spacial score (nSPS) is 17.8. The Morgan fingerprint density at radius 3 is 2.42 bits per heavy atom. The third-order valence-electron chi connectivity index (χ3n) is 6.25. The average Bonchev–Trinajstić information content (AvgIpc) is 3.55. The van der Waals surface area contributed by atoms with Crippen molar-refractivity contribution >= 4 is 33.2 Å². The highest BCUT2D eigenvalue weighted by atomic mass is 32.2. The summed E-state index contributed by atoms with van der Waals surface area (Å²) < 4.78 is 28.0. The SMILES string of the molecule is CC(C)c1ccc(NC(=O)CCNS(=O)(=O)c2ccc3c(c2)C[C@@H](C)N3C(=O)C2CC2)cc1. The summed E-state index contributed by atoms with van der Waals surface area (Å²) in [5.74, 6) is 0.406. The molecule has 7 nitrogen and oxygen atoms in total. The van der Waals surface area contributed by atoms with Crippen molar-refractivity contribution in [2.75, 3.05) is 16.8 Å². The summed E-state index contributed by atoms with van der Waals surface area (Å²) in [5.41, 5.74) is 3.54. The summed E-state index contributed by atoms with van der Waals surface area (Å²) >= 11 is 0. The van der Waals surface area contributed by atoms with Crippen molar-refractivity contribution in [2.24, 2.45) is 5.92 Å². The van der Waals surface area contributed by atoms with Crippen molar-refractivity contribution < 1.29 is 18.0 Å². The number of hydrogen-bond donors (Lipinski definition) is 2. The number of nitrogens with one attached hydrogen (secondary N) is 2. The van der Waals surface area contributed by atoms with Gasteiger partial charge in [-0.05, 0) is 73.6 Å². The number of hydrogen-bond acceptors (Lipinski definition) is 4. The fourth-order valence-electron chi connectivity index (χ4n) is 4.19. The van der Waals surface area contributed by atoms with Gasteiger partial charge in [0.2, 0.25) is 21.8 Å². The van der Waals surface area contributed by atoms with E-state index < -0.39 is 10.0 Å². The minimum atomic E-state index is -3.76. The minimum Gasteiger partial charge on any atom is -0.326 e. The van der Waals surface area contributed by atoms with Gasteiger partial charge >= 0.3 is 0 Å². The van der Waals surface area contributed by atoms with E-state index in [9.17, 15) is 18.0 Å². The number of sulfonamides is 1. The second-order valence-electron chi connectivity index (χ2n) is 9.30. The quantitative estimate of drug-likeness (QED) is 0.615. The van der Waals surface area contributed by atoms with E-state index in [-0.39, 0.29) is 41.6 Å². The molecule has 0 aromatic heterocycles. The Kier molecular flexibility index (Phi) is 6.59. The molecule has 1 fully saturated rings. The Morgan fingerprint density at radius 2 is 1.79 bits per heavy atom. The fourth-order valence-corrected chi connectivity index (χ4v) is 5.28. The molecule has 176 valence electrons. The van der Waals surface area contributed by atoms with Crippen LogP contribution in [0, 0.1) is 5.92 Å². The molecule has 1 aliphatic carbocycles. The van der Waals surface area contributed by atoms with E-state index in [0.29, 0.717) is 18.0 Å². The maximum absolute atomic E-state index is 12.8. The lowest BCUT2D eigenvalue weighted by atomic mass is 10.0. The number of carbonyl (C=O) groups excluding carboxylic acids is 2. The average molecular weight is 470 g/mol. The fraction of sp³-hybridized carbons (Fsp3) is 0.440. The predicted molar refractivity (Wildman–Crippen MR) is 129 cm³/mol. The topological polar surface area (TPSA) is 95.6 Å². The highest BCUT2D eigenvalue weighted by Crippen LogP contribution is 2.39. The molecule has 0 unspecified atom stereocenters. The first-order chi connectivity index (χ1) is 15.7. The highest BCUT2D eigenvalue weighted by molar-refractivity contribution is 7.89. The first-order valence-electron chi connectivity index (χ1n) is 11.5. The standard InChI is InChI=1S/C25H31N3O4S/c1-16(2)18-6-8-21(9-7-18)27-24(29)12-13-26-33(31,32)22-10-11-23-20(15-22)14-17(3)28(23)25(30)19-4-5-19/h6-11,15-17,19,26H,4-5,12-14H2,1-3H3,(H,27,29)/t17-/m1/s1. The molecule has 1 atom stereocenters. The van der Waals surface area contributed by atoms with Gasteiger partial charge in [-0.1, -0.05) is 26.0 Å². The molecule has 2 N–H and O–H groups in total. The first-order valence-corrected chi connectivity index (χ1v) is 13.0. The van der Waals surface area contributed by atoms with Gasteiger partial charge in [0.1, 0.15) is 0 Å². The van der Waals surface area contributed by atoms with Crippen molar-refractivity contribution in [1.29, 1.82) is 0 Å². The van der Waals surface area contributed by atoms with Gasteiger partial charge in [-0.25, -0.2) is 13.1 Å². The second-order valence-corrected chi connectivity index (χ2v) is 11.1. The lowest BCUT2D eigenvalue weighted by Gasteiger charge is -2.22. The van der Waals surface area contributed by atoms with Crippen LogP contribution in [0.25, 0.3) is 0 Å². The van der Waals surface area contributed by atoms with Gasteiger partial charge < -0.3 is 10.2 Å². The van der Waals surface area contributed by atoms with Crippen LogP contribution in [0.2, 0.25) is 0 Å². The van der Waals surface area contributed by atoms with Crippen LogP contribution in [0.3, 0.4) is 0 Å². The number of carbonyl (C=O) groups is 2. The smallest absolute Gasteiger partial charge is 0.240 e. The number of benzene rings is 2. The first kappa shape index (κ1) is 23.4. The maximum Gasteiger partial charge on any atom is 0.240 e. The van der Waals surface area contributed by atoms with Crippen molar-refractivity contribution in [3.8, 4) is 0 Å². The summed E-state index contributed by atoms with van der Waals surface area (Å²) in [6.07, 6.45) is 2.53. The van der Waals surface area contributed by atoms with E-state index in [1.807, 2.05) is 36.1 Å². The molecule has 8 heteroatoms. The molecule has 33 heavy (non-hydrogen) atoms. The number of nitrogens with zero attached hydrogens (tertiary/aromatic N) is 1. The van der Waals surface area contributed by atoms with Gasteiger partial charge in [0.25, 0.3) is 0 Å². The van der Waals surface area contributed by atoms with E-state index in [2.05, 4.69) is 23.9 Å². The molecule has 0 spiro atoms. The van der Waals surface area contributed by atoms with E-state index in [1.165, 1.54) is 11.6 Å². The van der Waals surface area contributed by atoms with Crippen LogP contribution in [0.5, 0.6) is 0 Å². The van der Waals surface area contributed by atoms with Crippen molar-refractivity contribution in [3.05, 3.63) is 53.6 Å². The zero-order valence-electron chi connectivity index (χ0n) is 19.3. The minimum absolute atomic E-state index is 0.00196. The van der Waals surface area contributed by atoms with Crippen LogP contribution in [0.15, 0.2) is 47.4 Å². The summed E-state index contributed by atoms with van der Waals surface area (Å²) in [7, 11) is -3.76. The molecular formula is C25H31N3O4S. The van der Waals surface area contributed by atoms with Crippen LogP contribution < -0.4 is 14.9 Å². The van der Waals surface area contributed by atoms with E-state index >= 15 is 0 Å². The lowest BCUT2D eigenvalue weighted by molar-refractivity contribution is -0.120. The van der Waals surface area contributed by atoms with Crippen molar-refractivity contribution in [3.63, 3.8) is 0 Å². The van der Waals surface area contributed by atoms with Gasteiger partial charge in [0.05, 0.1) is 4.90 Å². The molecule has 2 aromatic rings. The molecule has 2 amide bonds. The van der Waals surface area contributed by atoms with Crippen molar-refractivity contribution in [2.45, 2.75) is 63.3 Å². The van der Waals surface area contributed by atoms with Crippen LogP contribution in [0.1, 0.15) is 57.1 Å². The summed E-state index contributed by atoms with van der Waals surface area (Å²) in [6, 6.07) is 12.6. The van der Waals surface area contributed by atoms with Crippen molar-refractivity contribution in [1.82, 2.24) is 4.72 Å². The van der Waals surface area contributed by atoms with E-state index in [1.54, 1.807) is 12.1 Å². The monoisotopic (exact) mass is 469 g/mol. The third kappa shape index (κ3) is 5.28. The zero-order chi connectivity index (χ0) is 23.8. The predicted octanol–water partition coefficient (Wildman–Crippen LogP) is 3.80. The van der Waals surface area contributed by atoms with Gasteiger partial charge in [-0.3, -0.25) is 9.59 Å². The molecule has 2 aromatic carbocycles. The van der Waals surface area contributed by atoms with Crippen LogP contribution in [0.4, 0.5) is 11.4 Å². The molecule has 0 bridgehead atoms. The third-order valence-corrected chi connectivity index (χ3v) is 7.70. The number of amides is 2. The molecule has 0 saturated heterocycles. The summed E-state index contributed by atoms with van der Waals surface area (Å²) in [4.78, 5) is 26.8. The molecule has 2 aliphatic rings. The van der Waals surface area contributed by atoms with Crippen LogP contribution >= 0.6 is 0 Å². The van der Waals surface area contributed by atoms with E-state index in [4.69, 9.17) is 0 Å². The van der Waals surface area contributed by atoms with Crippen LogP contribution in [-0.4, -0.2) is 32.8 Å². The molecule has 0 radical (unpaired) electrons. The Bertz CT molecular complexity index is 1150. The molecular weight excluding hydrogens is 438 g/mol.